The average Bonchev–Trinajstić information content (AvgIpc) is 2.61. The minimum atomic E-state index is -0.931. The highest BCUT2D eigenvalue weighted by Gasteiger charge is 2.43. The van der Waals surface area contributed by atoms with Gasteiger partial charge < -0.3 is 14.9 Å². The number of aliphatic hydroxyl groups excluding tert-OH is 2. The van der Waals surface area contributed by atoms with Gasteiger partial charge in [0.25, 0.3) is 5.56 Å². The van der Waals surface area contributed by atoms with Crippen LogP contribution in [-0.2, 0) is 4.74 Å². The molecule has 0 saturated carbocycles. The minimum absolute atomic E-state index is 0.350. The molecule has 0 aliphatic carbocycles. The number of aromatic nitrogens is 2. The normalized spacial score (nSPS) is 31.8. The first-order chi connectivity index (χ1) is 8.45. The van der Waals surface area contributed by atoms with Gasteiger partial charge in [-0.25, -0.2) is 4.79 Å². The second kappa shape index (κ2) is 4.96. The van der Waals surface area contributed by atoms with Crippen LogP contribution in [0.15, 0.2) is 15.8 Å². The highest BCUT2D eigenvalue weighted by molar-refractivity contribution is 9.09. The molecule has 18 heavy (non-hydrogen) atoms. The second-order valence-corrected chi connectivity index (χ2v) is 5.22. The second-order valence-electron chi connectivity index (χ2n) is 4.16. The van der Waals surface area contributed by atoms with E-state index in [2.05, 4.69) is 20.9 Å². The molecule has 3 N–H and O–H groups in total. The van der Waals surface area contributed by atoms with Gasteiger partial charge >= 0.3 is 5.69 Å². The van der Waals surface area contributed by atoms with E-state index in [1.54, 1.807) is 6.92 Å². The third kappa shape index (κ3) is 2.16. The van der Waals surface area contributed by atoms with Crippen molar-refractivity contribution < 1.29 is 14.9 Å². The van der Waals surface area contributed by atoms with Crippen LogP contribution >= 0.6 is 15.9 Å². The van der Waals surface area contributed by atoms with Crippen molar-refractivity contribution in [2.75, 3.05) is 6.61 Å². The summed E-state index contributed by atoms with van der Waals surface area (Å²) in [5, 5.41) is 18.8. The number of nitrogens with one attached hydrogen (secondary N) is 1. The molecule has 100 valence electrons. The van der Waals surface area contributed by atoms with Crippen LogP contribution in [0, 0.1) is 6.92 Å². The van der Waals surface area contributed by atoms with Crippen LogP contribution in [0.1, 0.15) is 11.8 Å². The number of aliphatic hydroxyl groups is 2. The highest BCUT2D eigenvalue weighted by atomic mass is 79.9. The van der Waals surface area contributed by atoms with Crippen LogP contribution in [0.2, 0.25) is 0 Å². The fraction of sp³-hybridized carbons (Fsp3) is 0.600. The van der Waals surface area contributed by atoms with Crippen LogP contribution in [0.5, 0.6) is 0 Å². The van der Waals surface area contributed by atoms with E-state index in [9.17, 15) is 14.7 Å². The Morgan fingerprint density at radius 3 is 2.78 bits per heavy atom. The topological polar surface area (TPSA) is 105 Å². The summed E-state index contributed by atoms with van der Waals surface area (Å²) in [5.74, 6) is 0. The Labute approximate surface area is 110 Å². The molecule has 0 radical (unpaired) electrons. The summed E-state index contributed by atoms with van der Waals surface area (Å²) in [5.41, 5.74) is -0.717. The minimum Gasteiger partial charge on any atom is -0.394 e. The maximum atomic E-state index is 11.7. The molecule has 1 aliphatic heterocycles. The Morgan fingerprint density at radius 2 is 2.22 bits per heavy atom. The zero-order valence-electron chi connectivity index (χ0n) is 9.54. The van der Waals surface area contributed by atoms with Gasteiger partial charge in [-0.3, -0.25) is 14.3 Å². The van der Waals surface area contributed by atoms with Crippen LogP contribution in [0.25, 0.3) is 0 Å². The molecular formula is C10H13BrN2O5. The molecule has 2 heterocycles. The summed E-state index contributed by atoms with van der Waals surface area (Å²) in [6.07, 6.45) is -1.11. The standard InChI is InChI=1S/C10H13BrN2O5/c1-4-2-13(10(17)12-8(4)16)9-6(11)7(15)5(3-14)18-9/h2,5-7,9,14-15H,3H2,1H3,(H,12,16,17)/t5-,6+,7?,9-/m1/s1. The van der Waals surface area contributed by atoms with E-state index in [1.807, 2.05) is 0 Å². The molecule has 0 amide bonds. The zero-order chi connectivity index (χ0) is 13.4. The Hall–Kier alpha value is -0.960. The summed E-state index contributed by atoms with van der Waals surface area (Å²) in [6, 6.07) is 0. The summed E-state index contributed by atoms with van der Waals surface area (Å²) < 4.78 is 6.58. The van der Waals surface area contributed by atoms with Gasteiger partial charge in [-0.15, -0.1) is 0 Å². The first-order valence-corrected chi connectivity index (χ1v) is 6.27. The number of halogens is 1. The lowest BCUT2D eigenvalue weighted by atomic mass is 10.2. The molecule has 2 rings (SSSR count). The number of aromatic amines is 1. The first-order valence-electron chi connectivity index (χ1n) is 5.36. The molecule has 4 atom stereocenters. The lowest BCUT2D eigenvalue weighted by molar-refractivity contribution is -0.0457. The fourth-order valence-electron chi connectivity index (χ4n) is 1.85. The maximum Gasteiger partial charge on any atom is 0.330 e. The lowest BCUT2D eigenvalue weighted by Crippen LogP contribution is -2.36. The summed E-state index contributed by atoms with van der Waals surface area (Å²) in [6.45, 7) is 1.21. The van der Waals surface area contributed by atoms with Crippen molar-refractivity contribution in [1.29, 1.82) is 0 Å². The van der Waals surface area contributed by atoms with Crippen LogP contribution in [-0.4, -0.2) is 43.4 Å². The Kier molecular flexibility index (Phi) is 3.71. The Balaban J connectivity index is 2.42. The van der Waals surface area contributed by atoms with E-state index in [0.717, 1.165) is 0 Å². The van der Waals surface area contributed by atoms with Gasteiger partial charge in [0, 0.05) is 11.8 Å². The van der Waals surface area contributed by atoms with Crippen molar-refractivity contribution in [2.45, 2.75) is 30.2 Å². The molecule has 1 fully saturated rings. The Morgan fingerprint density at radius 1 is 1.56 bits per heavy atom. The third-order valence-corrected chi connectivity index (χ3v) is 3.89. The van der Waals surface area contributed by atoms with Crippen molar-refractivity contribution in [3.63, 3.8) is 0 Å². The highest BCUT2D eigenvalue weighted by Crippen LogP contribution is 2.33. The van der Waals surface area contributed by atoms with Gasteiger partial charge in [-0.05, 0) is 6.92 Å². The maximum absolute atomic E-state index is 11.7. The van der Waals surface area contributed by atoms with E-state index in [4.69, 9.17) is 9.84 Å². The number of hydrogen-bond acceptors (Lipinski definition) is 5. The molecule has 0 bridgehead atoms. The molecule has 8 heteroatoms. The number of rotatable bonds is 2. The van der Waals surface area contributed by atoms with E-state index in [1.165, 1.54) is 10.8 Å². The number of hydrogen-bond donors (Lipinski definition) is 3. The van der Waals surface area contributed by atoms with Gasteiger partial charge in [-0.1, -0.05) is 15.9 Å². The molecule has 0 aromatic carbocycles. The van der Waals surface area contributed by atoms with Crippen molar-refractivity contribution in [3.05, 3.63) is 32.6 Å². The predicted molar refractivity (Wildman–Crippen MR) is 65.8 cm³/mol. The molecule has 1 aromatic rings. The smallest absolute Gasteiger partial charge is 0.330 e. The van der Waals surface area contributed by atoms with E-state index in [0.29, 0.717) is 5.56 Å². The number of aryl methyl sites for hydroxylation is 1. The zero-order valence-corrected chi connectivity index (χ0v) is 11.1. The van der Waals surface area contributed by atoms with Gasteiger partial charge in [-0.2, -0.15) is 0 Å². The molecule has 1 aromatic heterocycles. The fourth-order valence-corrected chi connectivity index (χ4v) is 2.57. The summed E-state index contributed by atoms with van der Waals surface area (Å²) >= 11 is 3.23. The van der Waals surface area contributed by atoms with Gasteiger partial charge in [0.15, 0.2) is 6.23 Å². The number of alkyl halides is 1. The van der Waals surface area contributed by atoms with Crippen molar-refractivity contribution >= 4 is 15.9 Å². The number of ether oxygens (including phenoxy) is 1. The quantitative estimate of drug-likeness (QED) is 0.597. The van der Waals surface area contributed by atoms with Crippen LogP contribution in [0.4, 0.5) is 0 Å². The van der Waals surface area contributed by atoms with Gasteiger partial charge in [0.2, 0.25) is 0 Å². The molecule has 1 aliphatic rings. The van der Waals surface area contributed by atoms with Gasteiger partial charge in [0.1, 0.15) is 6.10 Å². The van der Waals surface area contributed by atoms with E-state index in [-0.39, 0.29) is 6.61 Å². The monoisotopic (exact) mass is 320 g/mol. The van der Waals surface area contributed by atoms with Crippen LogP contribution in [0.3, 0.4) is 0 Å². The van der Waals surface area contributed by atoms with Crippen LogP contribution < -0.4 is 11.2 Å². The molecule has 0 spiro atoms. The van der Waals surface area contributed by atoms with Crippen molar-refractivity contribution in [3.8, 4) is 0 Å². The Bertz CT molecular complexity index is 554. The number of H-pyrrole nitrogens is 1. The molecule has 1 unspecified atom stereocenters. The lowest BCUT2D eigenvalue weighted by Gasteiger charge is -2.17. The van der Waals surface area contributed by atoms with Crippen molar-refractivity contribution in [1.82, 2.24) is 9.55 Å². The molecule has 1 saturated heterocycles. The first kappa shape index (κ1) is 13.5. The molecule has 7 nitrogen and oxygen atoms in total. The largest absolute Gasteiger partial charge is 0.394 e. The summed E-state index contributed by atoms with van der Waals surface area (Å²) in [4.78, 5) is 24.6. The number of nitrogens with zero attached hydrogens (tertiary/aromatic N) is 1. The summed E-state index contributed by atoms with van der Waals surface area (Å²) in [7, 11) is 0. The van der Waals surface area contributed by atoms with Crippen molar-refractivity contribution in [2.24, 2.45) is 0 Å². The predicted octanol–water partition coefficient (Wildman–Crippen LogP) is -1.14. The SMILES string of the molecule is Cc1cn([C@@H]2O[C@H](CO)C(O)[C@@H]2Br)c(=O)[nH]c1=O. The van der Waals surface area contributed by atoms with E-state index >= 15 is 0 Å². The van der Waals surface area contributed by atoms with Gasteiger partial charge in [0.05, 0.1) is 17.5 Å². The van der Waals surface area contributed by atoms with E-state index < -0.39 is 34.5 Å². The third-order valence-electron chi connectivity index (χ3n) is 2.89. The molecular weight excluding hydrogens is 308 g/mol. The average molecular weight is 321 g/mol.